The number of likely N-dealkylation sites (tertiary alicyclic amines) is 2. The van der Waals surface area contributed by atoms with Gasteiger partial charge in [-0.25, -0.2) is 4.79 Å². The Morgan fingerprint density at radius 2 is 0.962 bits per heavy atom. The number of nitrogens with one attached hydrogen (secondary N) is 6. The van der Waals surface area contributed by atoms with Crippen LogP contribution < -0.4 is 60.6 Å². The summed E-state index contributed by atoms with van der Waals surface area (Å²) in [6.45, 7) is 9.26. The zero-order valence-electron chi connectivity index (χ0n) is 47.2. The lowest BCUT2D eigenvalue weighted by molar-refractivity contribution is -0.148. The number of nitrogens with two attached hydrogens (primary N) is 5. The molecule has 18 N–H and O–H groups in total. The smallest absolute Gasteiger partial charge is 0.326 e. The quantitative estimate of drug-likeness (QED) is 0.0385. The number of carbonyl (C=O) groups is 9. The SMILES string of the molecule is CC[C@H](C)[C@H](N)C(=O)N[C@@H](CCCCN)C(=O)N[C@@H](CCCCN)C(=O)N[C@@H](CCCCN)C(=O)N[C@@H](CC(C)C)C(=O)N1CCC[C@H]1C(=O)N1CCC[C@H]1C(=O)N[C@@H](CCCCN)C(=O)N[C@@H](Cc1ccc(O)cc1)C(=O)O. The van der Waals surface area contributed by atoms with Gasteiger partial charge in [0.05, 0.1) is 6.04 Å². The van der Waals surface area contributed by atoms with Crippen LogP contribution in [0.5, 0.6) is 5.75 Å². The van der Waals surface area contributed by atoms with Crippen molar-refractivity contribution in [2.45, 2.75) is 204 Å². The molecule has 0 radical (unpaired) electrons. The third kappa shape index (κ3) is 22.3. The first-order valence-corrected chi connectivity index (χ1v) is 28.7. The lowest BCUT2D eigenvalue weighted by Crippen LogP contribution is -2.60. The minimum Gasteiger partial charge on any atom is -0.508 e. The number of aromatic hydroxyl groups is 1. The molecule has 0 bridgehead atoms. The van der Waals surface area contributed by atoms with E-state index < -0.39 is 108 Å². The van der Waals surface area contributed by atoms with Gasteiger partial charge in [0.2, 0.25) is 47.3 Å². The van der Waals surface area contributed by atoms with Gasteiger partial charge in [0.15, 0.2) is 0 Å². The number of phenols is 1. The first-order valence-electron chi connectivity index (χ1n) is 28.7. The number of rotatable bonds is 37. The number of carboxylic acids is 1. The predicted molar refractivity (Wildman–Crippen MR) is 299 cm³/mol. The van der Waals surface area contributed by atoms with Gasteiger partial charge < -0.3 is 80.6 Å². The van der Waals surface area contributed by atoms with E-state index in [2.05, 4.69) is 31.9 Å². The van der Waals surface area contributed by atoms with Gasteiger partial charge in [0.1, 0.15) is 54.1 Å². The number of nitrogens with zero attached hydrogens (tertiary/aromatic N) is 2. The van der Waals surface area contributed by atoms with Crippen molar-refractivity contribution in [1.29, 1.82) is 0 Å². The Morgan fingerprint density at radius 3 is 1.39 bits per heavy atom. The number of hydrogen-bond acceptors (Lipinski definition) is 15. The van der Waals surface area contributed by atoms with Gasteiger partial charge >= 0.3 is 5.97 Å². The standard InChI is InChI=1S/C55H95N13O11/c1-5-35(4)46(60)52(75)64-41(19-9-13-29-59)48(71)61-38(16-6-10-26-56)47(70)62-39(17-7-11-27-57)49(72)65-42(32-34(2)3)53(76)68-31-15-21-45(68)54(77)67-30-14-20-44(67)51(74)63-40(18-8-12-28-58)50(73)66-43(55(78)79)33-36-22-24-37(69)25-23-36/h22-25,34-35,38-46,69H,5-21,26-33,56-60H2,1-4H3,(H,61,71)(H,62,70)(H,63,74)(H,64,75)(H,65,72)(H,66,73)(H,78,79)/t35-,38-,39-,40-,41-,42-,43-,44-,45-,46-/m0/s1. The van der Waals surface area contributed by atoms with E-state index in [0.29, 0.717) is 102 Å². The van der Waals surface area contributed by atoms with Crippen molar-refractivity contribution in [1.82, 2.24) is 41.7 Å². The first kappa shape index (κ1) is 67.3. The molecule has 79 heavy (non-hydrogen) atoms. The maximum absolute atomic E-state index is 14.7. The molecule has 10 atom stereocenters. The van der Waals surface area contributed by atoms with Gasteiger partial charge in [-0.2, -0.15) is 0 Å². The molecular formula is C55H95N13O11. The van der Waals surface area contributed by atoms with Gasteiger partial charge in [-0.3, -0.25) is 38.4 Å². The van der Waals surface area contributed by atoms with Crippen LogP contribution in [-0.4, -0.2) is 167 Å². The number of phenolic OH excluding ortho intramolecular Hbond substituents is 1. The number of hydrogen-bond donors (Lipinski definition) is 13. The largest absolute Gasteiger partial charge is 0.508 e. The molecule has 0 saturated carbocycles. The molecule has 1 aromatic carbocycles. The molecule has 446 valence electrons. The first-order chi connectivity index (χ1) is 37.7. The second-order valence-electron chi connectivity index (χ2n) is 21.6. The van der Waals surface area contributed by atoms with E-state index in [4.69, 9.17) is 28.7 Å². The zero-order valence-corrected chi connectivity index (χ0v) is 47.2. The molecule has 24 heteroatoms. The Labute approximate surface area is 466 Å². The fourth-order valence-electron chi connectivity index (χ4n) is 9.93. The van der Waals surface area contributed by atoms with Crippen LogP contribution in [0.3, 0.4) is 0 Å². The molecule has 1 aromatic rings. The summed E-state index contributed by atoms with van der Waals surface area (Å²) >= 11 is 0. The summed E-state index contributed by atoms with van der Waals surface area (Å²) in [7, 11) is 0. The topological polar surface area (TPSA) is 403 Å². The van der Waals surface area contributed by atoms with Crippen molar-refractivity contribution in [3.8, 4) is 5.75 Å². The molecule has 0 unspecified atom stereocenters. The van der Waals surface area contributed by atoms with Gasteiger partial charge in [-0.15, -0.1) is 0 Å². The Hall–Kier alpha value is -5.95. The molecule has 0 aliphatic carbocycles. The fourth-order valence-corrected chi connectivity index (χ4v) is 9.93. The average Bonchev–Trinajstić information content (AvgIpc) is 4.14. The lowest BCUT2D eigenvalue weighted by Gasteiger charge is -2.34. The van der Waals surface area contributed by atoms with Crippen LogP contribution in [0.15, 0.2) is 24.3 Å². The van der Waals surface area contributed by atoms with E-state index in [9.17, 15) is 53.4 Å². The van der Waals surface area contributed by atoms with E-state index in [1.165, 1.54) is 21.9 Å². The second kappa shape index (κ2) is 35.6. The summed E-state index contributed by atoms with van der Waals surface area (Å²) < 4.78 is 0. The lowest BCUT2D eigenvalue weighted by atomic mass is 9.98. The maximum atomic E-state index is 14.7. The number of carboxylic acid groups (broad SMARTS) is 1. The molecule has 8 amide bonds. The molecule has 2 fully saturated rings. The molecule has 0 aromatic heterocycles. The Kier molecular flexibility index (Phi) is 30.4. The third-order valence-electron chi connectivity index (χ3n) is 14.9. The number of benzene rings is 1. The van der Waals surface area contributed by atoms with Crippen LogP contribution in [0.2, 0.25) is 0 Å². The van der Waals surface area contributed by atoms with Crippen molar-refractivity contribution < 1.29 is 53.4 Å². The summed E-state index contributed by atoms with van der Waals surface area (Å²) in [6.07, 6.45) is 6.95. The van der Waals surface area contributed by atoms with Gasteiger partial charge in [0, 0.05) is 19.5 Å². The Bertz CT molecular complexity index is 2120. The highest BCUT2D eigenvalue weighted by molar-refractivity contribution is 5.98. The highest BCUT2D eigenvalue weighted by atomic mass is 16.4. The number of carbonyl (C=O) groups excluding carboxylic acids is 8. The normalized spacial score (nSPS) is 18.3. The van der Waals surface area contributed by atoms with Crippen molar-refractivity contribution in [3.63, 3.8) is 0 Å². The maximum Gasteiger partial charge on any atom is 0.326 e. The van der Waals surface area contributed by atoms with Crippen LogP contribution in [-0.2, 0) is 49.6 Å². The number of unbranched alkanes of at least 4 members (excludes halogenated alkanes) is 4. The Morgan fingerprint density at radius 1 is 0.557 bits per heavy atom. The van der Waals surface area contributed by atoms with Gasteiger partial charge in [0.25, 0.3) is 0 Å². The van der Waals surface area contributed by atoms with Crippen LogP contribution in [0.25, 0.3) is 0 Å². The zero-order chi connectivity index (χ0) is 58.6. The molecule has 0 spiro atoms. The van der Waals surface area contributed by atoms with Crippen molar-refractivity contribution in [2.24, 2.45) is 40.5 Å². The average molecular weight is 1110 g/mol. The molecular weight excluding hydrogens is 1020 g/mol. The van der Waals surface area contributed by atoms with Gasteiger partial charge in [-0.1, -0.05) is 46.2 Å². The van der Waals surface area contributed by atoms with Crippen LogP contribution in [0.1, 0.15) is 149 Å². The number of aliphatic carboxylic acids is 1. The third-order valence-corrected chi connectivity index (χ3v) is 14.9. The number of amides is 8. The predicted octanol–water partition coefficient (Wildman–Crippen LogP) is -0.154. The van der Waals surface area contributed by atoms with E-state index in [1.54, 1.807) is 12.1 Å². The second-order valence-corrected chi connectivity index (χ2v) is 21.6. The summed E-state index contributed by atoms with van der Waals surface area (Å²) in [6, 6.07) is -3.89. The van der Waals surface area contributed by atoms with Crippen LogP contribution in [0.4, 0.5) is 0 Å². The molecule has 2 aliphatic rings. The molecule has 3 rings (SSSR count). The summed E-state index contributed by atoms with van der Waals surface area (Å²) in [5.41, 5.74) is 29.9. The molecule has 2 heterocycles. The summed E-state index contributed by atoms with van der Waals surface area (Å²) in [5, 5.41) is 36.3. The van der Waals surface area contributed by atoms with Crippen molar-refractivity contribution >= 4 is 53.2 Å². The highest BCUT2D eigenvalue weighted by Crippen LogP contribution is 2.27. The van der Waals surface area contributed by atoms with E-state index >= 15 is 0 Å². The molecule has 2 saturated heterocycles. The minimum absolute atomic E-state index is 0.00466. The van der Waals surface area contributed by atoms with Crippen molar-refractivity contribution in [3.05, 3.63) is 29.8 Å². The molecule has 2 aliphatic heterocycles. The van der Waals surface area contributed by atoms with E-state index in [0.717, 1.165) is 0 Å². The van der Waals surface area contributed by atoms with Crippen molar-refractivity contribution in [2.75, 3.05) is 39.3 Å². The monoisotopic (exact) mass is 1110 g/mol. The van der Waals surface area contributed by atoms with Crippen LogP contribution >= 0.6 is 0 Å². The fraction of sp³-hybridized carbons (Fsp3) is 0.727. The highest BCUT2D eigenvalue weighted by Gasteiger charge is 2.45. The minimum atomic E-state index is -1.35. The molecule has 24 nitrogen and oxygen atoms in total. The Balaban J connectivity index is 1.83. The summed E-state index contributed by atoms with van der Waals surface area (Å²) in [5.74, 6) is -6.28. The van der Waals surface area contributed by atoms with Gasteiger partial charge in [-0.05, 0) is 165 Å². The van der Waals surface area contributed by atoms with Crippen LogP contribution in [0, 0.1) is 11.8 Å². The van der Waals surface area contributed by atoms with E-state index in [-0.39, 0.29) is 82.0 Å². The van der Waals surface area contributed by atoms with E-state index in [1.807, 2.05) is 27.7 Å². The summed E-state index contributed by atoms with van der Waals surface area (Å²) in [4.78, 5) is 128.